The van der Waals surface area contributed by atoms with Crippen molar-refractivity contribution in [2.45, 2.75) is 82.1 Å². The van der Waals surface area contributed by atoms with Crippen molar-refractivity contribution in [1.82, 2.24) is 0 Å². The summed E-state index contributed by atoms with van der Waals surface area (Å²) in [7, 11) is 0. The van der Waals surface area contributed by atoms with Gasteiger partial charge in [0, 0.05) is 11.8 Å². The molecule has 0 aromatic heterocycles. The van der Waals surface area contributed by atoms with Crippen LogP contribution in [-0.4, -0.2) is 14.1 Å². The Morgan fingerprint density at radius 2 is 1.28 bits per heavy atom. The van der Waals surface area contributed by atoms with E-state index < -0.39 is 0 Å². The van der Waals surface area contributed by atoms with Crippen LogP contribution in [0.2, 0.25) is 17.4 Å². The molecule has 0 unspecified atom stereocenters. The SMILES string of the molecule is CCCCCCCCCCC#CCl.[CH3][Al]([CH3])[CH3].[H-].[Na+]. The van der Waals surface area contributed by atoms with Crippen molar-refractivity contribution in [3.63, 3.8) is 0 Å². The van der Waals surface area contributed by atoms with E-state index in [0.717, 1.165) is 6.42 Å². The molecule has 0 saturated carbocycles. The third-order valence-electron chi connectivity index (χ3n) is 2.22. The summed E-state index contributed by atoms with van der Waals surface area (Å²) in [6.45, 7) is 2.25. The maximum atomic E-state index is 5.24. The van der Waals surface area contributed by atoms with E-state index in [1.165, 1.54) is 51.4 Å². The molecule has 0 amide bonds. The predicted molar refractivity (Wildman–Crippen MR) is 85.3 cm³/mol. The number of rotatable bonds is 8. The maximum absolute atomic E-state index is 5.24. The molecule has 3 heteroatoms. The zero-order chi connectivity index (χ0) is 13.4. The van der Waals surface area contributed by atoms with Gasteiger partial charge < -0.3 is 1.43 Å². The van der Waals surface area contributed by atoms with Crippen LogP contribution >= 0.6 is 11.6 Å². The van der Waals surface area contributed by atoms with Gasteiger partial charge in [0.25, 0.3) is 14.1 Å². The van der Waals surface area contributed by atoms with E-state index in [-0.39, 0.29) is 45.1 Å². The summed E-state index contributed by atoms with van der Waals surface area (Å²) >= 11 is 5.10. The van der Waals surface area contributed by atoms with Crippen molar-refractivity contribution in [2.24, 2.45) is 0 Å². The molecular formula is C15H31AlClNa. The molecule has 0 nitrogen and oxygen atoms in total. The van der Waals surface area contributed by atoms with Crippen molar-refractivity contribution in [3.05, 3.63) is 0 Å². The van der Waals surface area contributed by atoms with Crippen LogP contribution in [0.5, 0.6) is 0 Å². The Morgan fingerprint density at radius 3 is 1.67 bits per heavy atom. The second-order valence-electron chi connectivity index (χ2n) is 5.23. The van der Waals surface area contributed by atoms with E-state index >= 15 is 0 Å². The van der Waals surface area contributed by atoms with Crippen LogP contribution in [0.3, 0.4) is 0 Å². The minimum atomic E-state index is -0.139. The van der Waals surface area contributed by atoms with E-state index in [1.54, 1.807) is 0 Å². The van der Waals surface area contributed by atoms with Gasteiger partial charge in [-0.3, -0.25) is 0 Å². The summed E-state index contributed by atoms with van der Waals surface area (Å²) in [6.07, 6.45) is 11.8. The fourth-order valence-corrected chi connectivity index (χ4v) is 1.49. The van der Waals surface area contributed by atoms with Gasteiger partial charge in [0.2, 0.25) is 0 Å². The van der Waals surface area contributed by atoms with Crippen molar-refractivity contribution >= 4 is 25.7 Å². The van der Waals surface area contributed by atoms with Crippen LogP contribution in [0.15, 0.2) is 0 Å². The van der Waals surface area contributed by atoms with E-state index in [9.17, 15) is 0 Å². The van der Waals surface area contributed by atoms with Gasteiger partial charge in [0.1, 0.15) is 0 Å². The van der Waals surface area contributed by atoms with Gasteiger partial charge in [-0.25, -0.2) is 0 Å². The number of hydrogen-bond donors (Lipinski definition) is 0. The molecule has 0 atom stereocenters. The molecule has 0 N–H and O–H groups in total. The Labute approximate surface area is 149 Å². The monoisotopic (exact) mass is 296 g/mol. The molecule has 18 heavy (non-hydrogen) atoms. The molecule has 0 aromatic carbocycles. The standard InChI is InChI=1S/C12H21Cl.3CH3.Al.Na.H/c1-2-3-4-5-6-7-8-9-10-11-12-13;;;;;;/h2-10H2,1H3;3*1H3;;;/q;;;;;+1;-1. The van der Waals surface area contributed by atoms with E-state index in [0.29, 0.717) is 0 Å². The Hall–Kier alpha value is 1.38. The van der Waals surface area contributed by atoms with Gasteiger partial charge in [-0.15, -0.1) is 17.4 Å². The molecule has 0 spiro atoms. The van der Waals surface area contributed by atoms with Gasteiger partial charge in [-0.1, -0.05) is 57.8 Å². The van der Waals surface area contributed by atoms with Gasteiger partial charge >= 0.3 is 29.6 Å². The molecule has 0 saturated heterocycles. The first-order valence-electron chi connectivity index (χ1n) is 7.23. The van der Waals surface area contributed by atoms with Crippen molar-refractivity contribution in [2.75, 3.05) is 0 Å². The summed E-state index contributed by atoms with van der Waals surface area (Å²) in [6, 6.07) is 0. The molecule has 0 radical (unpaired) electrons. The van der Waals surface area contributed by atoms with Crippen LogP contribution in [0.4, 0.5) is 0 Å². The molecule has 0 aliphatic rings. The summed E-state index contributed by atoms with van der Waals surface area (Å²) in [5, 5.41) is 2.41. The Balaban J connectivity index is -0.000000165. The van der Waals surface area contributed by atoms with Crippen molar-refractivity contribution in [3.8, 4) is 11.3 Å². The Kier molecular flexibility index (Phi) is 31.8. The van der Waals surface area contributed by atoms with Gasteiger partial charge in [-0.05, 0) is 18.0 Å². The van der Waals surface area contributed by atoms with Crippen LogP contribution < -0.4 is 29.6 Å². The molecule has 0 aliphatic heterocycles. The zero-order valence-electron chi connectivity index (χ0n) is 14.3. The van der Waals surface area contributed by atoms with E-state index in [2.05, 4.69) is 35.6 Å². The maximum Gasteiger partial charge on any atom is 1.00 e. The molecule has 0 heterocycles. The molecule has 0 aromatic rings. The second kappa shape index (κ2) is 23.5. The third kappa shape index (κ3) is 36.0. The van der Waals surface area contributed by atoms with Crippen molar-refractivity contribution < 1.29 is 31.0 Å². The number of halogens is 1. The van der Waals surface area contributed by atoms with Gasteiger partial charge in [0.15, 0.2) is 0 Å². The quantitative estimate of drug-likeness (QED) is 0.367. The smallest absolute Gasteiger partial charge is 1.00 e. The Morgan fingerprint density at radius 1 is 0.889 bits per heavy atom. The number of unbranched alkanes of at least 4 members (excludes halogenated alkanes) is 8. The van der Waals surface area contributed by atoms with Gasteiger partial charge in [0.05, 0.1) is 0 Å². The average Bonchev–Trinajstić information content (AvgIpc) is 2.26. The summed E-state index contributed by atoms with van der Waals surface area (Å²) in [5.41, 5.74) is 0. The number of hydrogen-bond acceptors (Lipinski definition) is 0. The molecule has 0 aliphatic carbocycles. The average molecular weight is 297 g/mol. The second-order valence-corrected chi connectivity index (χ2v) is 8.88. The molecule has 102 valence electrons. The van der Waals surface area contributed by atoms with Crippen LogP contribution in [-0.2, 0) is 0 Å². The normalized spacial score (nSPS) is 8.28. The first-order chi connectivity index (χ1) is 8.15. The minimum Gasteiger partial charge on any atom is -1.00 e. The fourth-order valence-electron chi connectivity index (χ4n) is 1.39. The van der Waals surface area contributed by atoms with Crippen LogP contribution in [0.25, 0.3) is 0 Å². The molecular weight excluding hydrogens is 266 g/mol. The summed E-state index contributed by atoms with van der Waals surface area (Å²) in [4.78, 5) is 0. The first kappa shape index (κ1) is 24.4. The molecule has 0 bridgehead atoms. The van der Waals surface area contributed by atoms with E-state index in [4.69, 9.17) is 11.6 Å². The fraction of sp³-hybridized carbons (Fsp3) is 0.867. The minimum absolute atomic E-state index is 0. The third-order valence-corrected chi connectivity index (χ3v) is 2.36. The Bertz CT molecular complexity index is 188. The summed E-state index contributed by atoms with van der Waals surface area (Å²) in [5.74, 6) is 9.79. The first-order valence-corrected chi connectivity index (χ1v) is 11.1. The molecule has 0 rings (SSSR count). The summed E-state index contributed by atoms with van der Waals surface area (Å²) < 4.78 is 0. The van der Waals surface area contributed by atoms with Crippen molar-refractivity contribution in [1.29, 1.82) is 0 Å². The molecule has 0 fully saturated rings. The van der Waals surface area contributed by atoms with Crippen LogP contribution in [0.1, 0.15) is 66.1 Å². The largest absolute Gasteiger partial charge is 1.00 e. The van der Waals surface area contributed by atoms with E-state index in [1.807, 2.05) is 0 Å². The zero-order valence-corrected chi connectivity index (χ0v) is 17.2. The van der Waals surface area contributed by atoms with Crippen LogP contribution in [0, 0.1) is 11.3 Å². The predicted octanol–water partition coefficient (Wildman–Crippen LogP) is 3.20. The topological polar surface area (TPSA) is 0 Å². The van der Waals surface area contributed by atoms with Gasteiger partial charge in [-0.2, -0.15) is 0 Å².